The second-order valence-corrected chi connectivity index (χ2v) is 13.6. The van der Waals surface area contributed by atoms with Gasteiger partial charge < -0.3 is 37.9 Å². The Morgan fingerprint density at radius 2 is 1.16 bits per heavy atom. The van der Waals surface area contributed by atoms with Crippen molar-refractivity contribution in [3.63, 3.8) is 0 Å². The van der Waals surface area contributed by atoms with Gasteiger partial charge in [0.05, 0.1) is 32.0 Å². The minimum atomic E-state index is -0.913. The molecule has 4 atom stereocenters. The minimum absolute atomic E-state index is 0.0575. The molecule has 14 nitrogen and oxygen atoms in total. The molecule has 2 aliphatic heterocycles. The van der Waals surface area contributed by atoms with Crippen molar-refractivity contribution in [1.82, 2.24) is 0 Å². The molecule has 61 heavy (non-hydrogen) atoms. The van der Waals surface area contributed by atoms with Crippen LogP contribution in [0, 0.1) is 22.7 Å². The van der Waals surface area contributed by atoms with Crippen LogP contribution in [0.1, 0.15) is 39.9 Å². The second kappa shape index (κ2) is 21.5. The van der Waals surface area contributed by atoms with Crippen LogP contribution in [-0.2, 0) is 44.7 Å². The van der Waals surface area contributed by atoms with Crippen LogP contribution in [0.5, 0.6) is 17.2 Å². The topological polar surface area (TPSA) is 190 Å². The van der Waals surface area contributed by atoms with E-state index in [0.717, 1.165) is 11.6 Å². The lowest BCUT2D eigenvalue weighted by atomic mass is 10.1. The first-order valence-electron chi connectivity index (χ1n) is 19.2. The number of nitriles is 2. The van der Waals surface area contributed by atoms with Gasteiger partial charge >= 0.3 is 23.9 Å². The molecule has 2 unspecified atom stereocenters. The van der Waals surface area contributed by atoms with Gasteiger partial charge in [-0.3, -0.25) is 0 Å². The lowest BCUT2D eigenvalue weighted by Crippen LogP contribution is -2.36. The summed E-state index contributed by atoms with van der Waals surface area (Å²) in [5.41, 5.74) is 1.84. The molecule has 0 spiro atoms. The molecule has 0 saturated carbocycles. The number of ether oxygens (including phenoxy) is 8. The van der Waals surface area contributed by atoms with Crippen molar-refractivity contribution in [2.75, 3.05) is 26.4 Å². The fourth-order valence-electron chi connectivity index (χ4n) is 6.15. The number of hydrogen-bond donors (Lipinski definition) is 0. The van der Waals surface area contributed by atoms with E-state index >= 15 is 0 Å². The lowest BCUT2D eigenvalue weighted by molar-refractivity contribution is -0.150. The fraction of sp³-hybridized carbons (Fsp3) is 0.234. The van der Waals surface area contributed by atoms with Crippen molar-refractivity contribution in [3.8, 4) is 29.4 Å². The summed E-state index contributed by atoms with van der Waals surface area (Å²) in [5, 5.41) is 19.5. The molecule has 2 fully saturated rings. The number of carbonyl (C=O) groups is 4. The maximum absolute atomic E-state index is 13.1. The smallest absolute Gasteiger partial charge is 0.349 e. The normalized spacial score (nSPS) is 18.1. The summed E-state index contributed by atoms with van der Waals surface area (Å²) in [6, 6.07) is 32.9. The maximum Gasteiger partial charge on any atom is 0.349 e. The highest BCUT2D eigenvalue weighted by Gasteiger charge is 2.51. The Kier molecular flexibility index (Phi) is 15.2. The number of esters is 4. The number of benzene rings is 4. The molecule has 0 radical (unpaired) electrons. The summed E-state index contributed by atoms with van der Waals surface area (Å²) in [5.74, 6) is -1.42. The average molecular weight is 825 g/mol. The van der Waals surface area contributed by atoms with Crippen LogP contribution >= 0.6 is 0 Å². The van der Waals surface area contributed by atoms with E-state index in [1.165, 1.54) is 24.3 Å². The molecule has 310 valence electrons. The SMILES string of the molecule is C=CC(=O)OCCCCOc1ccc(C(=O)Oc2ccc(/C=C(\C#N)C(=O)O[C@H]3COC4C3OC[C@H]4OC(=O)/C(C#N)=C/c3ccc(OCc4ccccc4)cc3)cc2)cc1. The third-order valence-electron chi connectivity index (χ3n) is 9.31. The van der Waals surface area contributed by atoms with Gasteiger partial charge in [0.1, 0.15) is 59.3 Å². The van der Waals surface area contributed by atoms with Crippen LogP contribution in [0.3, 0.4) is 0 Å². The molecule has 2 aliphatic rings. The van der Waals surface area contributed by atoms with E-state index in [1.54, 1.807) is 60.7 Å². The summed E-state index contributed by atoms with van der Waals surface area (Å²) in [6.07, 6.45) is 1.83. The van der Waals surface area contributed by atoms with E-state index in [1.807, 2.05) is 42.5 Å². The zero-order valence-electron chi connectivity index (χ0n) is 32.8. The molecule has 0 N–H and O–H groups in total. The molecular weight excluding hydrogens is 785 g/mol. The third-order valence-corrected chi connectivity index (χ3v) is 9.31. The highest BCUT2D eigenvalue weighted by molar-refractivity contribution is 5.99. The first-order valence-corrected chi connectivity index (χ1v) is 19.2. The van der Waals surface area contributed by atoms with E-state index in [9.17, 15) is 29.7 Å². The predicted molar refractivity (Wildman–Crippen MR) is 217 cm³/mol. The largest absolute Gasteiger partial charge is 0.494 e. The van der Waals surface area contributed by atoms with Crippen LogP contribution in [0.2, 0.25) is 0 Å². The molecular formula is C47H40N2O12. The van der Waals surface area contributed by atoms with Crippen LogP contribution in [0.15, 0.2) is 127 Å². The Labute approximate surface area is 351 Å². The molecule has 2 saturated heterocycles. The van der Waals surface area contributed by atoms with Crippen molar-refractivity contribution < 1.29 is 57.1 Å². The third kappa shape index (κ3) is 12.3. The van der Waals surface area contributed by atoms with Crippen LogP contribution < -0.4 is 14.2 Å². The van der Waals surface area contributed by atoms with Crippen molar-refractivity contribution in [2.24, 2.45) is 0 Å². The highest BCUT2D eigenvalue weighted by atomic mass is 16.7. The standard InChI is InChI=1S/C47H40N2O12/c1-2-42(50)55-23-7-6-22-54-37-20-14-34(15-21-37)45(51)59-39-18-12-32(13-19-39)25-36(27-49)47(53)61-41-30-58-43-40(29-57-44(41)43)60-46(52)35(26-48)24-31-10-16-38(17-11-31)56-28-33-8-4-3-5-9-33/h2-5,8-21,24-25,40-41,43-44H,1,6-7,22-23,28-30H2/b35-24+,36-25+/t40-,41+,43?,44?/m1/s1. The number of fused-ring (bicyclic) bond motifs is 1. The van der Waals surface area contributed by atoms with E-state index in [4.69, 9.17) is 37.9 Å². The Bertz CT molecular complexity index is 2330. The van der Waals surface area contributed by atoms with Gasteiger partial charge in [0, 0.05) is 6.08 Å². The molecule has 4 aromatic rings. The van der Waals surface area contributed by atoms with Crippen molar-refractivity contribution in [1.29, 1.82) is 10.5 Å². The van der Waals surface area contributed by atoms with Gasteiger partial charge in [0.15, 0.2) is 12.2 Å². The number of rotatable bonds is 18. The lowest BCUT2D eigenvalue weighted by Gasteiger charge is -2.17. The zero-order valence-corrected chi connectivity index (χ0v) is 32.8. The fourth-order valence-corrected chi connectivity index (χ4v) is 6.15. The van der Waals surface area contributed by atoms with Gasteiger partial charge in [0.25, 0.3) is 0 Å². The van der Waals surface area contributed by atoms with Gasteiger partial charge in [-0.15, -0.1) is 0 Å². The number of unbranched alkanes of at least 4 members (excludes halogenated alkanes) is 1. The van der Waals surface area contributed by atoms with Crippen LogP contribution in [-0.4, -0.2) is 74.7 Å². The summed E-state index contributed by atoms with van der Waals surface area (Å²) in [4.78, 5) is 49.9. The average Bonchev–Trinajstić information content (AvgIpc) is 3.88. The predicted octanol–water partition coefficient (Wildman–Crippen LogP) is 6.51. The first-order chi connectivity index (χ1) is 29.7. The van der Waals surface area contributed by atoms with Gasteiger partial charge in [-0.25, -0.2) is 19.2 Å². The Morgan fingerprint density at radius 3 is 1.70 bits per heavy atom. The van der Waals surface area contributed by atoms with Gasteiger partial charge in [-0.2, -0.15) is 10.5 Å². The molecule has 6 rings (SSSR count). The van der Waals surface area contributed by atoms with Gasteiger partial charge in [0.2, 0.25) is 0 Å². The maximum atomic E-state index is 13.1. The monoisotopic (exact) mass is 824 g/mol. The van der Waals surface area contributed by atoms with Gasteiger partial charge in [-0.05, 0) is 90.2 Å². The molecule has 2 heterocycles. The van der Waals surface area contributed by atoms with E-state index in [2.05, 4.69) is 6.58 Å². The van der Waals surface area contributed by atoms with E-state index in [-0.39, 0.29) is 36.7 Å². The summed E-state index contributed by atoms with van der Waals surface area (Å²) < 4.78 is 44.6. The quantitative estimate of drug-likeness (QED) is 0.0264. The van der Waals surface area contributed by atoms with Crippen molar-refractivity contribution >= 4 is 36.0 Å². The molecule has 0 aromatic heterocycles. The highest BCUT2D eigenvalue weighted by Crippen LogP contribution is 2.32. The molecule has 0 aliphatic carbocycles. The summed E-state index contributed by atoms with van der Waals surface area (Å²) in [7, 11) is 0. The van der Waals surface area contributed by atoms with Crippen LogP contribution in [0.25, 0.3) is 12.2 Å². The summed E-state index contributed by atoms with van der Waals surface area (Å²) >= 11 is 0. The second-order valence-electron chi connectivity index (χ2n) is 13.6. The summed E-state index contributed by atoms with van der Waals surface area (Å²) in [6.45, 7) is 4.29. The Hall–Kier alpha value is -7.52. The first kappa shape index (κ1) is 43.1. The minimum Gasteiger partial charge on any atom is -0.494 e. The van der Waals surface area contributed by atoms with Gasteiger partial charge in [-0.1, -0.05) is 61.2 Å². The number of carbonyl (C=O) groups excluding carboxylic acids is 4. The van der Waals surface area contributed by atoms with Crippen LogP contribution in [0.4, 0.5) is 0 Å². The Balaban J connectivity index is 0.948. The molecule has 0 bridgehead atoms. The van der Waals surface area contributed by atoms with Crippen molar-refractivity contribution in [2.45, 2.75) is 43.9 Å². The Morgan fingerprint density at radius 1 is 0.656 bits per heavy atom. The van der Waals surface area contributed by atoms with E-state index in [0.29, 0.717) is 54.2 Å². The molecule has 0 amide bonds. The number of nitrogens with zero attached hydrogens (tertiary/aromatic N) is 2. The molecule has 4 aromatic carbocycles. The molecule has 14 heteroatoms. The van der Waals surface area contributed by atoms with E-state index < -0.39 is 48.3 Å². The zero-order chi connectivity index (χ0) is 43.0. The number of hydrogen-bond acceptors (Lipinski definition) is 14. The van der Waals surface area contributed by atoms with Crippen molar-refractivity contribution in [3.05, 3.63) is 149 Å².